The van der Waals surface area contributed by atoms with Gasteiger partial charge in [-0.2, -0.15) is 0 Å². The topological polar surface area (TPSA) is 90.0 Å². The molecule has 1 atom stereocenters. The molecule has 1 aromatic heterocycles. The van der Waals surface area contributed by atoms with E-state index < -0.39 is 0 Å². The van der Waals surface area contributed by atoms with Crippen LogP contribution in [0.2, 0.25) is 0 Å². The third-order valence-electron chi connectivity index (χ3n) is 5.36. The molecule has 8 heteroatoms. The molecule has 2 amide bonds. The Balaban J connectivity index is 1.62. The van der Waals surface area contributed by atoms with Gasteiger partial charge in [0.25, 0.3) is 0 Å². The Labute approximate surface area is 182 Å². The molecule has 1 unspecified atom stereocenters. The van der Waals surface area contributed by atoms with Gasteiger partial charge in [0, 0.05) is 32.3 Å². The first-order valence-corrected chi connectivity index (χ1v) is 10.4. The van der Waals surface area contributed by atoms with Crippen LogP contribution in [0.5, 0.6) is 5.75 Å². The van der Waals surface area contributed by atoms with E-state index in [2.05, 4.69) is 10.3 Å². The number of aromatic nitrogens is 1. The molecule has 31 heavy (non-hydrogen) atoms. The van der Waals surface area contributed by atoms with Crippen LogP contribution in [0, 0.1) is 5.92 Å². The van der Waals surface area contributed by atoms with Crippen LogP contribution in [0.25, 0.3) is 0 Å². The Hall–Kier alpha value is -3.13. The van der Waals surface area contributed by atoms with E-state index in [1.807, 2.05) is 42.5 Å². The standard InChI is InChI=1S/C23H29N3O5/c1-29-15-16-31-23(28)26-13-10-18(11-14-26)22(27)25-21(20-5-3-4-12-24-20)17-6-8-19(30-2)9-7-17/h3-9,12,18,21H,10-11,13-16H2,1-2H3,(H,25,27). The Morgan fingerprint density at radius 2 is 1.84 bits per heavy atom. The highest BCUT2D eigenvalue weighted by atomic mass is 16.6. The van der Waals surface area contributed by atoms with E-state index in [0.717, 1.165) is 17.0 Å². The molecule has 2 aromatic rings. The predicted molar refractivity (Wildman–Crippen MR) is 115 cm³/mol. The van der Waals surface area contributed by atoms with Crippen LogP contribution in [-0.2, 0) is 14.3 Å². The molecule has 0 radical (unpaired) electrons. The first-order chi connectivity index (χ1) is 15.1. The number of amides is 2. The van der Waals surface area contributed by atoms with Crippen LogP contribution >= 0.6 is 0 Å². The van der Waals surface area contributed by atoms with Crippen molar-refractivity contribution in [2.75, 3.05) is 40.5 Å². The van der Waals surface area contributed by atoms with Gasteiger partial charge in [-0.25, -0.2) is 4.79 Å². The number of ether oxygens (including phenoxy) is 3. The van der Waals surface area contributed by atoms with Crippen molar-refractivity contribution in [3.8, 4) is 5.75 Å². The molecule has 1 saturated heterocycles. The van der Waals surface area contributed by atoms with Crippen molar-refractivity contribution < 1.29 is 23.8 Å². The maximum atomic E-state index is 13.1. The van der Waals surface area contributed by atoms with Crippen LogP contribution in [-0.4, -0.2) is 62.4 Å². The Kier molecular flexibility index (Phi) is 8.23. The number of carbonyl (C=O) groups excluding carboxylic acids is 2. The van der Waals surface area contributed by atoms with Gasteiger partial charge in [-0.05, 0) is 42.7 Å². The monoisotopic (exact) mass is 427 g/mol. The van der Waals surface area contributed by atoms with E-state index in [4.69, 9.17) is 14.2 Å². The van der Waals surface area contributed by atoms with Crippen molar-refractivity contribution in [1.82, 2.24) is 15.2 Å². The number of nitrogens with zero attached hydrogens (tertiary/aromatic N) is 2. The average Bonchev–Trinajstić information content (AvgIpc) is 2.83. The normalized spacial score (nSPS) is 15.2. The Morgan fingerprint density at radius 1 is 1.10 bits per heavy atom. The number of carbonyl (C=O) groups is 2. The molecule has 0 aliphatic carbocycles. The van der Waals surface area contributed by atoms with E-state index in [9.17, 15) is 9.59 Å². The summed E-state index contributed by atoms with van der Waals surface area (Å²) in [6.07, 6.45) is 2.53. The number of rotatable bonds is 8. The second-order valence-corrected chi connectivity index (χ2v) is 7.34. The minimum atomic E-state index is -0.364. The molecule has 2 heterocycles. The number of benzene rings is 1. The van der Waals surface area contributed by atoms with Gasteiger partial charge in [-0.15, -0.1) is 0 Å². The zero-order valence-electron chi connectivity index (χ0n) is 18.0. The molecule has 1 aliphatic heterocycles. The average molecular weight is 428 g/mol. The first-order valence-electron chi connectivity index (χ1n) is 10.4. The van der Waals surface area contributed by atoms with Crippen LogP contribution in [0.3, 0.4) is 0 Å². The smallest absolute Gasteiger partial charge is 0.409 e. The van der Waals surface area contributed by atoms with Gasteiger partial charge in [0.15, 0.2) is 0 Å². The summed E-state index contributed by atoms with van der Waals surface area (Å²) < 4.78 is 15.3. The highest BCUT2D eigenvalue weighted by Crippen LogP contribution is 2.25. The highest BCUT2D eigenvalue weighted by molar-refractivity contribution is 5.80. The van der Waals surface area contributed by atoms with Gasteiger partial charge in [-0.3, -0.25) is 9.78 Å². The minimum Gasteiger partial charge on any atom is -0.497 e. The number of methoxy groups -OCH3 is 2. The number of piperidine rings is 1. The lowest BCUT2D eigenvalue weighted by atomic mass is 9.94. The van der Waals surface area contributed by atoms with Gasteiger partial charge in [0.05, 0.1) is 25.5 Å². The second kappa shape index (κ2) is 11.3. The fourth-order valence-corrected chi connectivity index (χ4v) is 3.56. The molecule has 8 nitrogen and oxygen atoms in total. The summed E-state index contributed by atoms with van der Waals surface area (Å²) in [5.41, 5.74) is 1.69. The van der Waals surface area contributed by atoms with E-state index in [0.29, 0.717) is 32.5 Å². The van der Waals surface area contributed by atoms with Crippen molar-refractivity contribution in [1.29, 1.82) is 0 Å². The zero-order valence-corrected chi connectivity index (χ0v) is 18.0. The largest absolute Gasteiger partial charge is 0.497 e. The first kappa shape index (κ1) is 22.6. The molecule has 0 saturated carbocycles. The fraction of sp³-hybridized carbons (Fsp3) is 0.435. The summed E-state index contributed by atoms with van der Waals surface area (Å²) in [6.45, 7) is 1.57. The van der Waals surface area contributed by atoms with E-state index in [-0.39, 0.29) is 30.6 Å². The van der Waals surface area contributed by atoms with E-state index in [1.165, 1.54) is 0 Å². The van der Waals surface area contributed by atoms with Crippen molar-refractivity contribution in [3.63, 3.8) is 0 Å². The van der Waals surface area contributed by atoms with E-state index >= 15 is 0 Å². The van der Waals surface area contributed by atoms with E-state index in [1.54, 1.807) is 25.3 Å². The lowest BCUT2D eigenvalue weighted by Gasteiger charge is -2.31. The van der Waals surface area contributed by atoms with Crippen molar-refractivity contribution in [3.05, 3.63) is 59.9 Å². The van der Waals surface area contributed by atoms with Crippen molar-refractivity contribution in [2.24, 2.45) is 5.92 Å². The number of nitrogens with one attached hydrogen (secondary N) is 1. The molecule has 3 rings (SSSR count). The molecule has 1 fully saturated rings. The van der Waals surface area contributed by atoms with Gasteiger partial charge in [0.1, 0.15) is 12.4 Å². The minimum absolute atomic E-state index is 0.0427. The van der Waals surface area contributed by atoms with Gasteiger partial charge in [0.2, 0.25) is 5.91 Å². The van der Waals surface area contributed by atoms with Crippen molar-refractivity contribution in [2.45, 2.75) is 18.9 Å². The molecular weight excluding hydrogens is 398 g/mol. The fourth-order valence-electron chi connectivity index (χ4n) is 3.56. The molecule has 0 spiro atoms. The third-order valence-corrected chi connectivity index (χ3v) is 5.36. The quantitative estimate of drug-likeness (QED) is 0.652. The summed E-state index contributed by atoms with van der Waals surface area (Å²) in [6, 6.07) is 12.9. The Bertz CT molecular complexity index is 836. The lowest BCUT2D eigenvalue weighted by molar-refractivity contribution is -0.126. The van der Waals surface area contributed by atoms with Crippen LogP contribution in [0.1, 0.15) is 30.1 Å². The number of hydrogen-bond acceptors (Lipinski definition) is 6. The van der Waals surface area contributed by atoms with Crippen LogP contribution < -0.4 is 10.1 Å². The number of likely N-dealkylation sites (tertiary alicyclic amines) is 1. The zero-order chi connectivity index (χ0) is 22.1. The summed E-state index contributed by atoms with van der Waals surface area (Å²) >= 11 is 0. The molecule has 1 N–H and O–H groups in total. The number of hydrogen-bond donors (Lipinski definition) is 1. The highest BCUT2D eigenvalue weighted by Gasteiger charge is 2.30. The van der Waals surface area contributed by atoms with Crippen LogP contribution in [0.4, 0.5) is 4.79 Å². The summed E-state index contributed by atoms with van der Waals surface area (Å²) in [4.78, 5) is 31.2. The molecule has 1 aliphatic rings. The molecule has 1 aromatic carbocycles. The number of pyridine rings is 1. The van der Waals surface area contributed by atoms with Gasteiger partial charge in [-0.1, -0.05) is 18.2 Å². The molecule has 0 bridgehead atoms. The Morgan fingerprint density at radius 3 is 2.45 bits per heavy atom. The van der Waals surface area contributed by atoms with Gasteiger partial charge >= 0.3 is 6.09 Å². The molecular formula is C23H29N3O5. The maximum absolute atomic E-state index is 13.1. The third kappa shape index (κ3) is 6.18. The SMILES string of the molecule is COCCOC(=O)N1CCC(C(=O)NC(c2ccc(OC)cc2)c2ccccn2)CC1. The predicted octanol–water partition coefficient (Wildman–Crippen LogP) is 2.79. The maximum Gasteiger partial charge on any atom is 0.409 e. The summed E-state index contributed by atoms with van der Waals surface area (Å²) in [5.74, 6) is 0.533. The van der Waals surface area contributed by atoms with Crippen LogP contribution in [0.15, 0.2) is 48.7 Å². The second-order valence-electron chi connectivity index (χ2n) is 7.34. The summed E-state index contributed by atoms with van der Waals surface area (Å²) in [7, 11) is 3.18. The van der Waals surface area contributed by atoms with Crippen molar-refractivity contribution >= 4 is 12.0 Å². The van der Waals surface area contributed by atoms with Gasteiger partial charge < -0.3 is 24.4 Å². The summed E-state index contributed by atoms with van der Waals surface area (Å²) in [5, 5.41) is 3.15. The lowest BCUT2D eigenvalue weighted by Crippen LogP contribution is -2.44. The molecule has 166 valence electrons.